The van der Waals surface area contributed by atoms with Crippen molar-refractivity contribution in [2.45, 2.75) is 52.5 Å². The molecule has 0 N–H and O–H groups in total. The van der Waals surface area contributed by atoms with E-state index in [0.29, 0.717) is 14.7 Å². The molecule has 0 aliphatic heterocycles. The van der Waals surface area contributed by atoms with Crippen LogP contribution in [0.4, 0.5) is 39.5 Å². The average Bonchev–Trinajstić information content (AvgIpc) is 2.65. The summed E-state index contributed by atoms with van der Waals surface area (Å²) in [5, 5.41) is 0. The van der Waals surface area contributed by atoms with Crippen molar-refractivity contribution in [3.8, 4) is 0 Å². The van der Waals surface area contributed by atoms with Crippen LogP contribution >= 0.6 is 0 Å². The lowest BCUT2D eigenvalue weighted by Gasteiger charge is -2.13. The van der Waals surface area contributed by atoms with Crippen LogP contribution < -0.4 is 0 Å². The summed E-state index contributed by atoms with van der Waals surface area (Å²) in [5.74, 6) is 0. The Kier molecular flexibility index (Phi) is 7.59. The average molecular weight is 509 g/mol. The SMILES string of the molecule is FC(F)(F)Cc1cccc([S+](c2cccc(CC(F)(F)F)c2)c2cccc(CC(F)(F)F)c2)c1. The van der Waals surface area contributed by atoms with Crippen molar-refractivity contribution in [3.63, 3.8) is 0 Å². The predicted molar refractivity (Wildman–Crippen MR) is 111 cm³/mol. The van der Waals surface area contributed by atoms with Crippen LogP contribution in [0.1, 0.15) is 16.7 Å². The largest absolute Gasteiger partial charge is 0.393 e. The van der Waals surface area contributed by atoms with Gasteiger partial charge in [-0.1, -0.05) is 36.4 Å². The second kappa shape index (κ2) is 9.93. The quantitative estimate of drug-likeness (QED) is 0.233. The summed E-state index contributed by atoms with van der Waals surface area (Å²) in [5.41, 5.74) is -0.166. The fraction of sp³-hybridized carbons (Fsp3) is 0.250. The number of alkyl halides is 9. The van der Waals surface area contributed by atoms with Crippen LogP contribution in [-0.4, -0.2) is 18.5 Å². The van der Waals surface area contributed by atoms with Crippen LogP contribution in [0.3, 0.4) is 0 Å². The number of hydrogen-bond donors (Lipinski definition) is 0. The van der Waals surface area contributed by atoms with Gasteiger partial charge in [-0.3, -0.25) is 0 Å². The van der Waals surface area contributed by atoms with Crippen LogP contribution in [0.15, 0.2) is 87.5 Å². The van der Waals surface area contributed by atoms with Gasteiger partial charge in [0.1, 0.15) is 0 Å². The Bertz CT molecular complexity index is 973. The number of halogens is 9. The van der Waals surface area contributed by atoms with E-state index >= 15 is 0 Å². The molecular formula is C24H18F9S+. The molecule has 3 rings (SSSR count). The maximum atomic E-state index is 12.9. The first-order valence-corrected chi connectivity index (χ1v) is 11.1. The van der Waals surface area contributed by atoms with Crippen molar-refractivity contribution < 1.29 is 39.5 Å². The highest BCUT2D eigenvalue weighted by Crippen LogP contribution is 2.35. The fourth-order valence-electron chi connectivity index (χ4n) is 3.45. The Morgan fingerprint density at radius 1 is 0.441 bits per heavy atom. The molecular weight excluding hydrogens is 491 g/mol. The van der Waals surface area contributed by atoms with Crippen molar-refractivity contribution in [2.24, 2.45) is 0 Å². The lowest BCUT2D eigenvalue weighted by atomic mass is 10.1. The van der Waals surface area contributed by atoms with Crippen LogP contribution in [0.5, 0.6) is 0 Å². The van der Waals surface area contributed by atoms with E-state index in [1.54, 1.807) is 0 Å². The van der Waals surface area contributed by atoms with Gasteiger partial charge in [0.05, 0.1) is 30.2 Å². The van der Waals surface area contributed by atoms with Crippen LogP contribution in [0, 0.1) is 0 Å². The zero-order valence-corrected chi connectivity index (χ0v) is 18.2. The molecule has 3 aromatic carbocycles. The van der Waals surface area contributed by atoms with E-state index in [2.05, 4.69) is 0 Å². The lowest BCUT2D eigenvalue weighted by Crippen LogP contribution is -2.14. The van der Waals surface area contributed by atoms with Crippen LogP contribution in [0.2, 0.25) is 0 Å². The van der Waals surface area contributed by atoms with Gasteiger partial charge in [-0.15, -0.1) is 0 Å². The molecule has 0 nitrogen and oxygen atoms in total. The summed E-state index contributed by atoms with van der Waals surface area (Å²) in [7, 11) is -1.23. The molecule has 182 valence electrons. The van der Waals surface area contributed by atoms with E-state index in [4.69, 9.17) is 0 Å². The minimum Gasteiger partial charge on any atom is -0.171 e. The molecule has 0 bridgehead atoms. The summed E-state index contributed by atoms with van der Waals surface area (Å²) in [6, 6.07) is 16.5. The third kappa shape index (κ3) is 8.00. The zero-order chi connectivity index (χ0) is 25.1. The first-order valence-electron chi connectivity index (χ1n) is 9.90. The van der Waals surface area contributed by atoms with Crippen molar-refractivity contribution >= 4 is 10.9 Å². The van der Waals surface area contributed by atoms with E-state index in [1.807, 2.05) is 0 Å². The molecule has 34 heavy (non-hydrogen) atoms. The summed E-state index contributed by atoms with van der Waals surface area (Å²) >= 11 is 0. The molecule has 0 saturated carbocycles. The Hall–Kier alpha value is -2.62. The highest BCUT2D eigenvalue weighted by molar-refractivity contribution is 7.97. The Morgan fingerprint density at radius 3 is 0.941 bits per heavy atom. The molecule has 10 heteroatoms. The molecule has 0 spiro atoms. The van der Waals surface area contributed by atoms with E-state index in [9.17, 15) is 39.5 Å². The first kappa shape index (κ1) is 26.0. The maximum absolute atomic E-state index is 12.9. The van der Waals surface area contributed by atoms with E-state index in [1.165, 1.54) is 72.8 Å². The fourth-order valence-corrected chi connectivity index (χ4v) is 5.72. The van der Waals surface area contributed by atoms with Gasteiger partial charge < -0.3 is 0 Å². The molecule has 3 aromatic rings. The highest BCUT2D eigenvalue weighted by atomic mass is 32.2. The van der Waals surface area contributed by atoms with Gasteiger partial charge in [-0.05, 0) is 53.1 Å². The molecule has 0 radical (unpaired) electrons. The molecule has 0 aliphatic carbocycles. The van der Waals surface area contributed by atoms with Crippen molar-refractivity contribution in [1.82, 2.24) is 0 Å². The first-order chi connectivity index (χ1) is 15.7. The van der Waals surface area contributed by atoms with Crippen molar-refractivity contribution in [3.05, 3.63) is 89.5 Å². The van der Waals surface area contributed by atoms with Crippen molar-refractivity contribution in [2.75, 3.05) is 0 Å². The zero-order valence-electron chi connectivity index (χ0n) is 17.4. The number of rotatable bonds is 6. The van der Waals surface area contributed by atoms with Crippen LogP contribution in [0.25, 0.3) is 0 Å². The Balaban J connectivity index is 2.12. The standard InChI is InChI=1S/C24H18F9S/c25-22(26,27)13-16-4-1-7-19(10-16)34(20-8-2-5-17(11-20)14-23(28,29)30)21-9-3-6-18(12-21)15-24(31,32)33/h1-12H,13-15H2/q+1. The van der Waals surface area contributed by atoms with Gasteiger partial charge in [0.2, 0.25) is 0 Å². The summed E-state index contributed by atoms with van der Waals surface area (Å²) < 4.78 is 116. The van der Waals surface area contributed by atoms with Crippen LogP contribution in [-0.2, 0) is 30.2 Å². The third-order valence-electron chi connectivity index (χ3n) is 4.62. The topological polar surface area (TPSA) is 0 Å². The smallest absolute Gasteiger partial charge is 0.171 e. The second-order valence-corrected chi connectivity index (χ2v) is 9.65. The normalized spacial score (nSPS) is 12.9. The van der Waals surface area contributed by atoms with Gasteiger partial charge in [0.25, 0.3) is 0 Å². The Morgan fingerprint density at radius 2 is 0.706 bits per heavy atom. The van der Waals surface area contributed by atoms with Gasteiger partial charge in [-0.25, -0.2) is 0 Å². The monoisotopic (exact) mass is 509 g/mol. The molecule has 0 atom stereocenters. The molecule has 0 heterocycles. The van der Waals surface area contributed by atoms with E-state index in [-0.39, 0.29) is 16.7 Å². The molecule has 0 saturated heterocycles. The van der Waals surface area contributed by atoms with Gasteiger partial charge >= 0.3 is 18.5 Å². The second-order valence-electron chi connectivity index (χ2n) is 7.62. The van der Waals surface area contributed by atoms with Gasteiger partial charge in [-0.2, -0.15) is 39.5 Å². The van der Waals surface area contributed by atoms with E-state index < -0.39 is 48.7 Å². The van der Waals surface area contributed by atoms with E-state index in [0.717, 1.165) is 0 Å². The Labute approximate surface area is 192 Å². The number of hydrogen-bond acceptors (Lipinski definition) is 0. The van der Waals surface area contributed by atoms with Gasteiger partial charge in [0, 0.05) is 0 Å². The maximum Gasteiger partial charge on any atom is 0.393 e. The lowest BCUT2D eigenvalue weighted by molar-refractivity contribution is -0.128. The predicted octanol–water partition coefficient (Wildman–Crippen LogP) is 8.10. The summed E-state index contributed by atoms with van der Waals surface area (Å²) in [6.07, 6.45) is -17.1. The molecule has 0 aliphatic rings. The van der Waals surface area contributed by atoms with Gasteiger partial charge in [0.15, 0.2) is 14.7 Å². The number of benzene rings is 3. The molecule has 0 unspecified atom stereocenters. The molecule has 0 aromatic heterocycles. The molecule has 0 fully saturated rings. The molecule has 0 amide bonds. The van der Waals surface area contributed by atoms with Crippen molar-refractivity contribution in [1.29, 1.82) is 0 Å². The summed E-state index contributed by atoms with van der Waals surface area (Å²) in [4.78, 5) is 1.07. The summed E-state index contributed by atoms with van der Waals surface area (Å²) in [6.45, 7) is 0. The minimum atomic E-state index is -4.48. The highest BCUT2D eigenvalue weighted by Gasteiger charge is 2.34. The minimum absolute atomic E-state index is 0.0552. The third-order valence-corrected chi connectivity index (χ3v) is 6.79.